The third-order valence-electron chi connectivity index (χ3n) is 4.54. The van der Waals surface area contributed by atoms with Crippen molar-refractivity contribution in [1.29, 1.82) is 0 Å². The standard InChI is InChI=1S/C20H20N2/c1-4-10-16(11-5-1)19-20(17-12-6-2-7-13-17)22-15-9-3-8-14-18(22)21-19/h1-7,9-13,19-20H,8,14-15H2/t19-,20+/m0/s1. The highest BCUT2D eigenvalue weighted by Gasteiger charge is 2.37. The summed E-state index contributed by atoms with van der Waals surface area (Å²) in [4.78, 5) is 7.58. The molecule has 2 heteroatoms. The summed E-state index contributed by atoms with van der Waals surface area (Å²) in [5.74, 6) is 1.26. The first-order chi connectivity index (χ1) is 10.9. The first-order valence-corrected chi connectivity index (χ1v) is 8.02. The molecule has 0 fully saturated rings. The molecule has 22 heavy (non-hydrogen) atoms. The Balaban J connectivity index is 1.78. The van der Waals surface area contributed by atoms with E-state index in [-0.39, 0.29) is 6.04 Å². The van der Waals surface area contributed by atoms with E-state index >= 15 is 0 Å². The number of rotatable bonds is 2. The zero-order chi connectivity index (χ0) is 14.8. The quantitative estimate of drug-likeness (QED) is 0.741. The number of aliphatic imine (C=N–C) groups is 1. The molecule has 2 aliphatic rings. The smallest absolute Gasteiger partial charge is 0.101 e. The molecule has 0 saturated heterocycles. The van der Waals surface area contributed by atoms with Crippen LogP contribution in [0.2, 0.25) is 0 Å². The van der Waals surface area contributed by atoms with E-state index in [0.29, 0.717) is 6.04 Å². The highest BCUT2D eigenvalue weighted by molar-refractivity contribution is 5.85. The van der Waals surface area contributed by atoms with Gasteiger partial charge in [-0.05, 0) is 17.5 Å². The average Bonchev–Trinajstić information content (AvgIpc) is 2.79. The lowest BCUT2D eigenvalue weighted by Gasteiger charge is -2.29. The minimum atomic E-state index is 0.199. The molecule has 2 aliphatic heterocycles. The topological polar surface area (TPSA) is 15.6 Å². The Morgan fingerprint density at radius 1 is 0.818 bits per heavy atom. The van der Waals surface area contributed by atoms with Crippen LogP contribution in [0.5, 0.6) is 0 Å². The molecular weight excluding hydrogens is 268 g/mol. The molecule has 2 atom stereocenters. The molecule has 0 aromatic heterocycles. The minimum Gasteiger partial charge on any atom is -0.347 e. The lowest BCUT2D eigenvalue weighted by molar-refractivity contribution is 0.335. The van der Waals surface area contributed by atoms with Gasteiger partial charge >= 0.3 is 0 Å². The minimum absolute atomic E-state index is 0.199. The van der Waals surface area contributed by atoms with E-state index in [2.05, 4.69) is 77.7 Å². The SMILES string of the molecule is C1=CCN2C(=N[C@@H](c3ccccc3)[C@H]2c2ccccc2)CC1. The van der Waals surface area contributed by atoms with Crippen LogP contribution in [0.15, 0.2) is 77.8 Å². The van der Waals surface area contributed by atoms with Gasteiger partial charge in [-0.2, -0.15) is 0 Å². The molecule has 0 radical (unpaired) electrons. The fourth-order valence-electron chi connectivity index (χ4n) is 3.50. The molecule has 2 aromatic carbocycles. The highest BCUT2D eigenvalue weighted by Crippen LogP contribution is 2.43. The Kier molecular flexibility index (Phi) is 3.51. The van der Waals surface area contributed by atoms with Gasteiger partial charge in [0, 0.05) is 13.0 Å². The summed E-state index contributed by atoms with van der Waals surface area (Å²) in [6, 6.07) is 22.0. The molecule has 4 rings (SSSR count). The van der Waals surface area contributed by atoms with Crippen LogP contribution in [0.3, 0.4) is 0 Å². The lowest BCUT2D eigenvalue weighted by atomic mass is 9.94. The Morgan fingerprint density at radius 2 is 1.50 bits per heavy atom. The second-order valence-electron chi connectivity index (χ2n) is 5.92. The zero-order valence-electron chi connectivity index (χ0n) is 12.6. The van der Waals surface area contributed by atoms with E-state index in [1.807, 2.05) is 0 Å². The summed E-state index contributed by atoms with van der Waals surface area (Å²) < 4.78 is 0. The molecule has 110 valence electrons. The number of fused-ring (bicyclic) bond motifs is 1. The van der Waals surface area contributed by atoms with E-state index in [0.717, 1.165) is 19.4 Å². The maximum Gasteiger partial charge on any atom is 0.101 e. The molecule has 0 saturated carbocycles. The number of hydrogen-bond donors (Lipinski definition) is 0. The summed E-state index contributed by atoms with van der Waals surface area (Å²) >= 11 is 0. The molecule has 2 aromatic rings. The maximum atomic E-state index is 5.10. The van der Waals surface area contributed by atoms with Crippen molar-refractivity contribution in [2.75, 3.05) is 6.54 Å². The summed E-state index contributed by atoms with van der Waals surface area (Å²) in [5, 5.41) is 0. The van der Waals surface area contributed by atoms with Gasteiger partial charge < -0.3 is 4.90 Å². The van der Waals surface area contributed by atoms with Crippen LogP contribution >= 0.6 is 0 Å². The largest absolute Gasteiger partial charge is 0.347 e. The first-order valence-electron chi connectivity index (χ1n) is 8.02. The summed E-state index contributed by atoms with van der Waals surface area (Å²) in [5.41, 5.74) is 2.66. The molecule has 0 spiro atoms. The third-order valence-corrected chi connectivity index (χ3v) is 4.54. The fourth-order valence-corrected chi connectivity index (χ4v) is 3.50. The predicted molar refractivity (Wildman–Crippen MR) is 90.9 cm³/mol. The van der Waals surface area contributed by atoms with Crippen molar-refractivity contribution in [3.05, 3.63) is 83.9 Å². The Hall–Kier alpha value is -2.35. The molecule has 2 heterocycles. The molecule has 0 amide bonds. The van der Waals surface area contributed by atoms with Gasteiger partial charge in [0.25, 0.3) is 0 Å². The summed E-state index contributed by atoms with van der Waals surface area (Å²) in [6.45, 7) is 0.960. The predicted octanol–water partition coefficient (Wildman–Crippen LogP) is 4.53. The van der Waals surface area contributed by atoms with Crippen LogP contribution in [0.1, 0.15) is 36.1 Å². The van der Waals surface area contributed by atoms with Crippen molar-refractivity contribution >= 4 is 5.84 Å². The highest BCUT2D eigenvalue weighted by atomic mass is 15.3. The lowest BCUT2D eigenvalue weighted by Crippen LogP contribution is -2.31. The van der Waals surface area contributed by atoms with Crippen molar-refractivity contribution in [2.45, 2.75) is 24.9 Å². The van der Waals surface area contributed by atoms with Gasteiger partial charge in [-0.3, -0.25) is 4.99 Å². The Morgan fingerprint density at radius 3 is 2.23 bits per heavy atom. The molecule has 0 N–H and O–H groups in total. The average molecular weight is 288 g/mol. The Labute approximate surface area is 131 Å². The van der Waals surface area contributed by atoms with Gasteiger partial charge in [0.05, 0.1) is 6.04 Å². The summed E-state index contributed by atoms with van der Waals surface area (Å²) in [7, 11) is 0. The fraction of sp³-hybridized carbons (Fsp3) is 0.250. The first kappa shape index (κ1) is 13.3. The number of nitrogens with zero attached hydrogens (tertiary/aromatic N) is 2. The van der Waals surface area contributed by atoms with E-state index in [1.165, 1.54) is 17.0 Å². The van der Waals surface area contributed by atoms with Gasteiger partial charge in [-0.25, -0.2) is 0 Å². The molecule has 2 nitrogen and oxygen atoms in total. The molecular formula is C20H20N2. The second kappa shape index (κ2) is 5.80. The zero-order valence-corrected chi connectivity index (χ0v) is 12.6. The van der Waals surface area contributed by atoms with Crippen LogP contribution in [0.4, 0.5) is 0 Å². The van der Waals surface area contributed by atoms with Gasteiger partial charge in [0.2, 0.25) is 0 Å². The van der Waals surface area contributed by atoms with Gasteiger partial charge in [0.1, 0.15) is 11.9 Å². The Bertz CT molecular complexity index is 688. The van der Waals surface area contributed by atoms with E-state index in [9.17, 15) is 0 Å². The van der Waals surface area contributed by atoms with Crippen LogP contribution in [0, 0.1) is 0 Å². The van der Waals surface area contributed by atoms with Crippen molar-refractivity contribution in [3.8, 4) is 0 Å². The van der Waals surface area contributed by atoms with E-state index < -0.39 is 0 Å². The maximum absolute atomic E-state index is 5.10. The molecule has 0 aliphatic carbocycles. The van der Waals surface area contributed by atoms with Crippen molar-refractivity contribution in [3.63, 3.8) is 0 Å². The van der Waals surface area contributed by atoms with Crippen LogP contribution in [-0.4, -0.2) is 17.3 Å². The van der Waals surface area contributed by atoms with Gasteiger partial charge in [-0.15, -0.1) is 0 Å². The number of amidine groups is 1. The van der Waals surface area contributed by atoms with E-state index in [4.69, 9.17) is 4.99 Å². The third kappa shape index (κ3) is 2.35. The number of allylic oxidation sites excluding steroid dienone is 1. The van der Waals surface area contributed by atoms with Crippen LogP contribution < -0.4 is 0 Å². The van der Waals surface area contributed by atoms with Crippen LogP contribution in [0.25, 0.3) is 0 Å². The number of benzene rings is 2. The van der Waals surface area contributed by atoms with Crippen molar-refractivity contribution < 1.29 is 0 Å². The summed E-state index contributed by atoms with van der Waals surface area (Å²) in [6.07, 6.45) is 6.70. The monoisotopic (exact) mass is 288 g/mol. The normalized spacial score (nSPS) is 23.8. The van der Waals surface area contributed by atoms with Crippen molar-refractivity contribution in [2.24, 2.45) is 4.99 Å². The van der Waals surface area contributed by atoms with E-state index in [1.54, 1.807) is 0 Å². The van der Waals surface area contributed by atoms with Crippen molar-refractivity contribution in [1.82, 2.24) is 4.90 Å². The molecule has 0 bridgehead atoms. The second-order valence-corrected chi connectivity index (χ2v) is 5.92. The number of hydrogen-bond acceptors (Lipinski definition) is 2. The van der Waals surface area contributed by atoms with Gasteiger partial charge in [-0.1, -0.05) is 72.8 Å². The van der Waals surface area contributed by atoms with Crippen LogP contribution in [-0.2, 0) is 0 Å². The van der Waals surface area contributed by atoms with Gasteiger partial charge in [0.15, 0.2) is 0 Å². The molecule has 0 unspecified atom stereocenters.